The first-order valence-electron chi connectivity index (χ1n) is 10.1. The monoisotopic (exact) mass is 456 g/mol. The second-order valence-corrected chi connectivity index (χ2v) is 10.1. The highest BCUT2D eigenvalue weighted by molar-refractivity contribution is 7.89. The molecule has 0 saturated carbocycles. The smallest absolute Gasteiger partial charge is 0.262 e. The summed E-state index contributed by atoms with van der Waals surface area (Å²) in [5.41, 5.74) is 4.20. The van der Waals surface area contributed by atoms with Crippen LogP contribution in [0.5, 0.6) is 0 Å². The van der Waals surface area contributed by atoms with Crippen molar-refractivity contribution in [2.45, 2.75) is 36.6 Å². The molecule has 8 heteroatoms. The molecule has 162 valence electrons. The largest absolute Gasteiger partial charge is 0.340 e. The van der Waals surface area contributed by atoms with Gasteiger partial charge in [0.15, 0.2) is 0 Å². The summed E-state index contributed by atoms with van der Waals surface area (Å²) in [6.07, 6.45) is 4.60. The molecular formula is C23H24N2O4S2. The number of sulfonamides is 1. The van der Waals surface area contributed by atoms with Crippen LogP contribution in [-0.2, 0) is 27.7 Å². The van der Waals surface area contributed by atoms with Crippen LogP contribution in [0.3, 0.4) is 0 Å². The molecule has 1 aliphatic carbocycles. The van der Waals surface area contributed by atoms with E-state index >= 15 is 0 Å². The predicted octanol–water partition coefficient (Wildman–Crippen LogP) is 3.99. The second-order valence-electron chi connectivity index (χ2n) is 7.47. The SMILES string of the molecule is CONS(=O)(=O)c1ccc(C(=O)NC(c2ccc3c(c2)CCCC3)c2cccs2)cc1. The van der Waals surface area contributed by atoms with Crippen LogP contribution in [0.25, 0.3) is 0 Å². The summed E-state index contributed by atoms with van der Waals surface area (Å²) in [6.45, 7) is 0. The summed E-state index contributed by atoms with van der Waals surface area (Å²) in [5.74, 6) is -0.264. The molecule has 6 nitrogen and oxygen atoms in total. The third-order valence-electron chi connectivity index (χ3n) is 5.43. The minimum absolute atomic E-state index is 0.0235. The number of thiophene rings is 1. The van der Waals surface area contributed by atoms with Gasteiger partial charge in [-0.2, -0.15) is 0 Å². The normalized spacial score (nSPS) is 14.6. The highest BCUT2D eigenvalue weighted by atomic mass is 32.2. The summed E-state index contributed by atoms with van der Waals surface area (Å²) in [7, 11) is -2.54. The topological polar surface area (TPSA) is 84.5 Å². The Bertz CT molecular complexity index is 1160. The number of fused-ring (bicyclic) bond motifs is 1. The lowest BCUT2D eigenvalue weighted by molar-refractivity contribution is 0.0943. The van der Waals surface area contributed by atoms with Gasteiger partial charge in [-0.3, -0.25) is 9.63 Å². The predicted molar refractivity (Wildman–Crippen MR) is 120 cm³/mol. The van der Waals surface area contributed by atoms with Crippen molar-refractivity contribution >= 4 is 27.3 Å². The van der Waals surface area contributed by atoms with E-state index in [9.17, 15) is 13.2 Å². The quantitative estimate of drug-likeness (QED) is 0.527. The highest BCUT2D eigenvalue weighted by Gasteiger charge is 2.21. The van der Waals surface area contributed by atoms with Crippen LogP contribution < -0.4 is 10.2 Å². The molecule has 0 bridgehead atoms. The van der Waals surface area contributed by atoms with Crippen molar-refractivity contribution < 1.29 is 18.0 Å². The summed E-state index contributed by atoms with van der Waals surface area (Å²) in [4.78, 5) is 20.5. The minimum Gasteiger partial charge on any atom is -0.340 e. The van der Waals surface area contributed by atoms with Gasteiger partial charge in [0.2, 0.25) is 0 Å². The van der Waals surface area contributed by atoms with E-state index in [0.717, 1.165) is 23.3 Å². The van der Waals surface area contributed by atoms with E-state index in [-0.39, 0.29) is 16.8 Å². The third-order valence-corrected chi connectivity index (χ3v) is 7.64. The molecule has 0 radical (unpaired) electrons. The standard InChI is InChI=1S/C23H24N2O4S2/c1-29-25-31(27,28)20-12-10-17(11-13-20)23(26)24-22(21-7-4-14-30-21)19-9-8-16-5-2-3-6-18(16)15-19/h4,7-15,22,25H,2-3,5-6H2,1H3,(H,24,26). The van der Waals surface area contributed by atoms with Crippen LogP contribution in [-0.4, -0.2) is 21.4 Å². The van der Waals surface area contributed by atoms with Gasteiger partial charge in [-0.25, -0.2) is 8.42 Å². The van der Waals surface area contributed by atoms with Gasteiger partial charge < -0.3 is 5.32 Å². The molecule has 0 aliphatic heterocycles. The maximum absolute atomic E-state index is 13.0. The lowest BCUT2D eigenvalue weighted by Gasteiger charge is -2.22. The summed E-state index contributed by atoms with van der Waals surface area (Å²) < 4.78 is 24.0. The molecule has 0 saturated heterocycles. The highest BCUT2D eigenvalue weighted by Crippen LogP contribution is 2.30. The van der Waals surface area contributed by atoms with E-state index in [4.69, 9.17) is 0 Å². The van der Waals surface area contributed by atoms with Gasteiger partial charge in [-0.15, -0.1) is 11.3 Å². The zero-order chi connectivity index (χ0) is 21.8. The van der Waals surface area contributed by atoms with Gasteiger partial charge in [0.25, 0.3) is 15.9 Å². The van der Waals surface area contributed by atoms with Gasteiger partial charge in [0, 0.05) is 10.4 Å². The summed E-state index contributed by atoms with van der Waals surface area (Å²) in [5, 5.41) is 5.12. The first-order chi connectivity index (χ1) is 15.0. The van der Waals surface area contributed by atoms with Crippen LogP contribution in [0.15, 0.2) is 64.9 Å². The Hall–Kier alpha value is -2.52. The first kappa shape index (κ1) is 21.7. The van der Waals surface area contributed by atoms with E-state index in [1.165, 1.54) is 55.3 Å². The molecule has 1 aromatic heterocycles. The first-order valence-corrected chi connectivity index (χ1v) is 12.4. The van der Waals surface area contributed by atoms with Gasteiger partial charge in [-0.1, -0.05) is 29.2 Å². The Labute approximate surface area is 186 Å². The summed E-state index contributed by atoms with van der Waals surface area (Å²) in [6, 6.07) is 16.0. The molecule has 1 heterocycles. The second kappa shape index (κ2) is 9.32. The average molecular weight is 457 g/mol. The number of hydrogen-bond donors (Lipinski definition) is 2. The maximum atomic E-state index is 13.0. The molecule has 2 aromatic carbocycles. The van der Waals surface area contributed by atoms with Crippen molar-refractivity contribution in [3.05, 3.63) is 87.1 Å². The van der Waals surface area contributed by atoms with Crippen molar-refractivity contribution in [3.63, 3.8) is 0 Å². The van der Waals surface area contributed by atoms with Crippen LogP contribution in [0, 0.1) is 0 Å². The number of carbonyl (C=O) groups is 1. The fourth-order valence-corrected chi connectivity index (χ4v) is 5.48. The van der Waals surface area contributed by atoms with Crippen molar-refractivity contribution in [2.75, 3.05) is 7.11 Å². The van der Waals surface area contributed by atoms with E-state index in [1.54, 1.807) is 11.3 Å². The Morgan fingerprint density at radius 3 is 2.45 bits per heavy atom. The van der Waals surface area contributed by atoms with Gasteiger partial charge in [-0.05, 0) is 78.1 Å². The molecule has 31 heavy (non-hydrogen) atoms. The van der Waals surface area contributed by atoms with Crippen LogP contribution in [0.1, 0.15) is 50.8 Å². The number of hydrogen-bond acceptors (Lipinski definition) is 5. The van der Waals surface area contributed by atoms with Crippen LogP contribution in [0.2, 0.25) is 0 Å². The molecule has 0 fully saturated rings. The number of aryl methyl sites for hydroxylation is 2. The molecule has 2 N–H and O–H groups in total. The molecule has 1 atom stereocenters. The maximum Gasteiger partial charge on any atom is 0.262 e. The zero-order valence-electron chi connectivity index (χ0n) is 17.1. The third kappa shape index (κ3) is 4.88. The Morgan fingerprint density at radius 2 is 1.77 bits per heavy atom. The fraction of sp³-hybridized carbons (Fsp3) is 0.261. The van der Waals surface area contributed by atoms with Crippen LogP contribution in [0.4, 0.5) is 0 Å². The molecule has 1 aliphatic rings. The molecule has 1 unspecified atom stereocenters. The number of amides is 1. The fourth-order valence-electron chi connectivity index (χ4n) is 3.86. The molecule has 3 aromatic rings. The molecule has 4 rings (SSSR count). The van der Waals surface area contributed by atoms with E-state index in [2.05, 4.69) is 28.4 Å². The van der Waals surface area contributed by atoms with Crippen molar-refractivity contribution in [1.29, 1.82) is 0 Å². The van der Waals surface area contributed by atoms with Crippen molar-refractivity contribution in [1.82, 2.24) is 10.2 Å². The summed E-state index contributed by atoms with van der Waals surface area (Å²) >= 11 is 1.60. The molecule has 1 amide bonds. The Kier molecular flexibility index (Phi) is 6.52. The Balaban J connectivity index is 1.59. The van der Waals surface area contributed by atoms with Gasteiger partial charge >= 0.3 is 0 Å². The lowest BCUT2D eigenvalue weighted by Crippen LogP contribution is -2.29. The lowest BCUT2D eigenvalue weighted by atomic mass is 9.89. The average Bonchev–Trinajstić information content (AvgIpc) is 3.31. The molecule has 0 spiro atoms. The van der Waals surface area contributed by atoms with E-state index in [0.29, 0.717) is 5.56 Å². The number of nitrogens with one attached hydrogen (secondary N) is 2. The Morgan fingerprint density at radius 1 is 1.03 bits per heavy atom. The zero-order valence-corrected chi connectivity index (χ0v) is 18.8. The van der Waals surface area contributed by atoms with Gasteiger partial charge in [0.1, 0.15) is 0 Å². The minimum atomic E-state index is -3.77. The van der Waals surface area contributed by atoms with Crippen molar-refractivity contribution in [2.24, 2.45) is 0 Å². The van der Waals surface area contributed by atoms with E-state index < -0.39 is 10.0 Å². The number of carbonyl (C=O) groups excluding carboxylic acids is 1. The van der Waals surface area contributed by atoms with Gasteiger partial charge in [0.05, 0.1) is 18.0 Å². The number of rotatable bonds is 7. The van der Waals surface area contributed by atoms with Crippen molar-refractivity contribution in [3.8, 4) is 0 Å². The number of benzene rings is 2. The molecular weight excluding hydrogens is 432 g/mol. The van der Waals surface area contributed by atoms with Crippen LogP contribution >= 0.6 is 11.3 Å². The van der Waals surface area contributed by atoms with E-state index in [1.807, 2.05) is 22.4 Å².